The summed E-state index contributed by atoms with van der Waals surface area (Å²) in [4.78, 5) is 11.1. The van der Waals surface area contributed by atoms with Gasteiger partial charge in [-0.25, -0.2) is 4.79 Å². The average Bonchev–Trinajstić information content (AvgIpc) is 2.24. The van der Waals surface area contributed by atoms with Gasteiger partial charge in [-0.15, -0.1) is 0 Å². The topological polar surface area (TPSA) is 47.6 Å². The first-order valence-corrected chi connectivity index (χ1v) is 9.27. The molecule has 0 aromatic heterocycles. The van der Waals surface area contributed by atoms with Gasteiger partial charge in [0, 0.05) is 13.2 Å². The molecular formula is C13H27NO3Si. The highest BCUT2D eigenvalue weighted by molar-refractivity contribution is 6.74. The van der Waals surface area contributed by atoms with Crippen LogP contribution in [0.15, 0.2) is 12.7 Å². The Morgan fingerprint density at radius 2 is 2.00 bits per heavy atom. The summed E-state index contributed by atoms with van der Waals surface area (Å²) in [6.07, 6.45) is 1.94. The highest BCUT2D eigenvalue weighted by Crippen LogP contribution is 2.36. The van der Waals surface area contributed by atoms with Crippen LogP contribution in [0.1, 0.15) is 27.2 Å². The number of rotatable bonds is 7. The monoisotopic (exact) mass is 273 g/mol. The van der Waals surface area contributed by atoms with E-state index in [0.29, 0.717) is 13.2 Å². The lowest BCUT2D eigenvalue weighted by atomic mass is 10.2. The summed E-state index contributed by atoms with van der Waals surface area (Å²) in [5.74, 6) is 0. The molecule has 0 bridgehead atoms. The minimum absolute atomic E-state index is 0.226. The van der Waals surface area contributed by atoms with Gasteiger partial charge in [-0.3, -0.25) is 0 Å². The number of hydrogen-bond acceptors (Lipinski definition) is 3. The highest BCUT2D eigenvalue weighted by atomic mass is 28.4. The maximum absolute atomic E-state index is 11.1. The van der Waals surface area contributed by atoms with E-state index in [9.17, 15) is 4.79 Å². The van der Waals surface area contributed by atoms with Crippen LogP contribution in [0, 0.1) is 0 Å². The molecule has 0 saturated carbocycles. The third-order valence-electron chi connectivity index (χ3n) is 3.19. The molecule has 0 rings (SSSR count). The second kappa shape index (κ2) is 7.58. The number of hydrogen-bond donors (Lipinski definition) is 1. The maximum Gasteiger partial charge on any atom is 0.407 e. The largest absolute Gasteiger partial charge is 0.445 e. The van der Waals surface area contributed by atoms with Crippen LogP contribution in [-0.4, -0.2) is 34.2 Å². The lowest BCUT2D eigenvalue weighted by Gasteiger charge is -2.36. The van der Waals surface area contributed by atoms with Gasteiger partial charge in [0.25, 0.3) is 0 Å². The van der Waals surface area contributed by atoms with Gasteiger partial charge in [0.1, 0.15) is 6.61 Å². The van der Waals surface area contributed by atoms with Gasteiger partial charge in [-0.2, -0.15) is 0 Å². The standard InChI is InChI=1S/C13H27NO3Si/c1-7-10-16-12(15)14-9-8-11-17-18(5,6)13(2,3)4/h7H,1,8-11H2,2-6H3,(H,14,15). The number of carbonyl (C=O) groups excluding carboxylic acids is 1. The highest BCUT2D eigenvalue weighted by Gasteiger charge is 2.36. The van der Waals surface area contributed by atoms with Crippen molar-refractivity contribution in [2.45, 2.75) is 45.3 Å². The van der Waals surface area contributed by atoms with Crippen molar-refractivity contribution in [3.05, 3.63) is 12.7 Å². The van der Waals surface area contributed by atoms with E-state index in [-0.39, 0.29) is 11.6 Å². The summed E-state index contributed by atoms with van der Waals surface area (Å²) in [5.41, 5.74) is 0. The molecule has 0 saturated heterocycles. The summed E-state index contributed by atoms with van der Waals surface area (Å²) >= 11 is 0. The minimum atomic E-state index is -1.66. The van der Waals surface area contributed by atoms with E-state index in [0.717, 1.165) is 6.42 Å². The van der Waals surface area contributed by atoms with Crippen LogP contribution in [0.3, 0.4) is 0 Å². The molecule has 0 aromatic carbocycles. The fourth-order valence-electron chi connectivity index (χ4n) is 0.992. The summed E-state index contributed by atoms with van der Waals surface area (Å²) in [6, 6.07) is 0. The molecule has 1 N–H and O–H groups in total. The zero-order valence-electron chi connectivity index (χ0n) is 12.3. The molecule has 0 atom stereocenters. The maximum atomic E-state index is 11.1. The summed E-state index contributed by atoms with van der Waals surface area (Å²) in [7, 11) is -1.66. The lowest BCUT2D eigenvalue weighted by Crippen LogP contribution is -2.41. The molecule has 1 amide bonds. The first-order valence-electron chi connectivity index (χ1n) is 6.36. The van der Waals surface area contributed by atoms with Gasteiger partial charge in [-0.05, 0) is 24.6 Å². The van der Waals surface area contributed by atoms with Crippen molar-refractivity contribution >= 4 is 14.4 Å². The van der Waals surface area contributed by atoms with Crippen LogP contribution in [-0.2, 0) is 9.16 Å². The number of alkyl carbamates (subject to hydrolysis) is 1. The van der Waals surface area contributed by atoms with E-state index in [2.05, 4.69) is 45.8 Å². The minimum Gasteiger partial charge on any atom is -0.445 e. The molecule has 0 heterocycles. The van der Waals surface area contributed by atoms with E-state index in [4.69, 9.17) is 9.16 Å². The zero-order chi connectivity index (χ0) is 14.2. The van der Waals surface area contributed by atoms with Crippen LogP contribution in [0.5, 0.6) is 0 Å². The van der Waals surface area contributed by atoms with E-state index in [1.165, 1.54) is 0 Å². The molecule has 0 aromatic rings. The predicted molar refractivity (Wildman–Crippen MR) is 77.3 cm³/mol. The molecule has 106 valence electrons. The summed E-state index contributed by atoms with van der Waals surface area (Å²) in [6.45, 7) is 16.0. The Kier molecular flexibility index (Phi) is 7.24. The summed E-state index contributed by atoms with van der Waals surface area (Å²) < 4.78 is 10.8. The van der Waals surface area contributed by atoms with Crippen LogP contribution in [0.25, 0.3) is 0 Å². The number of ether oxygens (including phenoxy) is 1. The van der Waals surface area contributed by atoms with Gasteiger partial charge in [0.15, 0.2) is 8.32 Å². The van der Waals surface area contributed by atoms with E-state index < -0.39 is 14.4 Å². The Balaban J connectivity index is 3.69. The van der Waals surface area contributed by atoms with Gasteiger partial charge >= 0.3 is 6.09 Å². The van der Waals surface area contributed by atoms with Crippen molar-refractivity contribution in [2.75, 3.05) is 19.8 Å². The van der Waals surface area contributed by atoms with Crippen molar-refractivity contribution in [3.63, 3.8) is 0 Å². The predicted octanol–water partition coefficient (Wildman–Crippen LogP) is 3.31. The first kappa shape index (κ1) is 17.2. The first-order chi connectivity index (χ1) is 8.20. The second-order valence-electron chi connectivity index (χ2n) is 5.78. The molecule has 18 heavy (non-hydrogen) atoms. The number of amides is 1. The van der Waals surface area contributed by atoms with E-state index in [1.807, 2.05) is 0 Å². The Morgan fingerprint density at radius 3 is 2.50 bits per heavy atom. The fraction of sp³-hybridized carbons (Fsp3) is 0.769. The van der Waals surface area contributed by atoms with Crippen LogP contribution < -0.4 is 5.32 Å². The molecule has 0 aliphatic rings. The zero-order valence-corrected chi connectivity index (χ0v) is 13.3. The molecular weight excluding hydrogens is 246 g/mol. The summed E-state index contributed by atoms with van der Waals surface area (Å²) in [5, 5.41) is 2.89. The van der Waals surface area contributed by atoms with E-state index >= 15 is 0 Å². The fourth-order valence-corrected chi connectivity index (χ4v) is 2.08. The molecule has 0 aliphatic carbocycles. The molecule has 0 radical (unpaired) electrons. The lowest BCUT2D eigenvalue weighted by molar-refractivity contribution is 0.157. The van der Waals surface area contributed by atoms with E-state index in [1.54, 1.807) is 6.08 Å². The van der Waals surface area contributed by atoms with Gasteiger partial charge in [0.2, 0.25) is 0 Å². The quantitative estimate of drug-likeness (QED) is 0.440. The van der Waals surface area contributed by atoms with Crippen LogP contribution >= 0.6 is 0 Å². The van der Waals surface area contributed by atoms with Crippen molar-refractivity contribution in [2.24, 2.45) is 0 Å². The molecule has 0 fully saturated rings. The molecule has 0 unspecified atom stereocenters. The number of nitrogens with one attached hydrogen (secondary N) is 1. The Labute approximate surface area is 112 Å². The molecule has 4 nitrogen and oxygen atoms in total. The van der Waals surface area contributed by atoms with Crippen LogP contribution in [0.4, 0.5) is 4.79 Å². The average molecular weight is 273 g/mol. The molecule has 0 spiro atoms. The Morgan fingerprint density at radius 1 is 1.39 bits per heavy atom. The van der Waals surface area contributed by atoms with Gasteiger partial charge < -0.3 is 14.5 Å². The normalized spacial score (nSPS) is 12.1. The van der Waals surface area contributed by atoms with Crippen molar-refractivity contribution in [1.29, 1.82) is 0 Å². The SMILES string of the molecule is C=CCOC(=O)NCCCO[Si](C)(C)C(C)(C)C. The Bertz CT molecular complexity index is 272. The van der Waals surface area contributed by atoms with Crippen LogP contribution in [0.2, 0.25) is 18.1 Å². The van der Waals surface area contributed by atoms with Crippen molar-refractivity contribution in [3.8, 4) is 0 Å². The van der Waals surface area contributed by atoms with Crippen molar-refractivity contribution < 1.29 is 14.0 Å². The molecule has 5 heteroatoms. The molecule has 0 aliphatic heterocycles. The Hall–Kier alpha value is -0.813. The number of carbonyl (C=O) groups is 1. The third-order valence-corrected chi connectivity index (χ3v) is 7.73. The van der Waals surface area contributed by atoms with Gasteiger partial charge in [-0.1, -0.05) is 33.4 Å². The second-order valence-corrected chi connectivity index (χ2v) is 10.6. The smallest absolute Gasteiger partial charge is 0.407 e. The van der Waals surface area contributed by atoms with Gasteiger partial charge in [0.05, 0.1) is 0 Å². The third kappa shape index (κ3) is 6.81. The van der Waals surface area contributed by atoms with Crippen molar-refractivity contribution in [1.82, 2.24) is 5.32 Å².